The number of carbonyl (C=O) groups is 1. The Bertz CT molecular complexity index is 1640. The van der Waals surface area contributed by atoms with Gasteiger partial charge in [-0.15, -0.1) is 11.3 Å². The molecule has 13 heteroatoms. The van der Waals surface area contributed by atoms with E-state index in [1.807, 2.05) is 7.05 Å². The van der Waals surface area contributed by atoms with Gasteiger partial charge in [0.15, 0.2) is 4.96 Å². The molecule has 2 aliphatic rings. The van der Waals surface area contributed by atoms with Crippen molar-refractivity contribution in [3.8, 4) is 16.5 Å². The van der Waals surface area contributed by atoms with Crippen LogP contribution in [0.4, 0.5) is 4.39 Å². The molecule has 0 saturated carbocycles. The number of thiazole rings is 2. The lowest BCUT2D eigenvalue weighted by atomic mass is 10.1. The monoisotopic (exact) mass is 597 g/mol. The lowest BCUT2D eigenvalue weighted by molar-refractivity contribution is 0.0659. The van der Waals surface area contributed by atoms with E-state index in [4.69, 9.17) is 0 Å². The summed E-state index contributed by atoms with van der Waals surface area (Å²) in [5, 5.41) is 11.2. The molecule has 0 atom stereocenters. The van der Waals surface area contributed by atoms with E-state index in [-0.39, 0.29) is 17.2 Å². The largest absolute Gasteiger partial charge is 0.501 e. The minimum atomic E-state index is -0.534. The van der Waals surface area contributed by atoms with Gasteiger partial charge in [0.05, 0.1) is 5.56 Å². The Labute approximate surface area is 244 Å². The van der Waals surface area contributed by atoms with Gasteiger partial charge in [0.25, 0.3) is 5.91 Å². The molecule has 0 aliphatic carbocycles. The van der Waals surface area contributed by atoms with Crippen molar-refractivity contribution in [2.24, 2.45) is 0 Å². The number of halogens is 1. The van der Waals surface area contributed by atoms with Gasteiger partial charge in [0.2, 0.25) is 5.75 Å². The van der Waals surface area contributed by atoms with Gasteiger partial charge in [-0.25, -0.2) is 14.4 Å². The summed E-state index contributed by atoms with van der Waals surface area (Å²) >= 11 is 2.75. The van der Waals surface area contributed by atoms with Crippen LogP contribution >= 0.6 is 22.7 Å². The summed E-state index contributed by atoms with van der Waals surface area (Å²) in [4.78, 5) is 45.9. The van der Waals surface area contributed by atoms with Crippen LogP contribution in [0.5, 0.6) is 5.75 Å². The van der Waals surface area contributed by atoms with Gasteiger partial charge < -0.3 is 19.8 Å². The quantitative estimate of drug-likeness (QED) is 0.362. The minimum Gasteiger partial charge on any atom is -0.501 e. The first-order chi connectivity index (χ1) is 19.7. The smallest absolute Gasteiger partial charge is 0.301 e. The first-order valence-corrected chi connectivity index (χ1v) is 15.2. The molecule has 1 aromatic carbocycles. The second-order valence-corrected chi connectivity index (χ2v) is 13.0. The van der Waals surface area contributed by atoms with Crippen molar-refractivity contribution in [1.82, 2.24) is 34.0 Å². The summed E-state index contributed by atoms with van der Waals surface area (Å²) in [6.07, 6.45) is 3.86. The number of aromatic nitrogens is 3. The van der Waals surface area contributed by atoms with Crippen molar-refractivity contribution in [3.05, 3.63) is 67.6 Å². The minimum absolute atomic E-state index is 0.0691. The topological polar surface area (TPSA) is 97.5 Å². The summed E-state index contributed by atoms with van der Waals surface area (Å²) in [6, 6.07) is 4.60. The summed E-state index contributed by atoms with van der Waals surface area (Å²) < 4.78 is 16.0. The predicted octanol–water partition coefficient (Wildman–Crippen LogP) is 2.45. The average Bonchev–Trinajstić information content (AvgIpc) is 3.60. The van der Waals surface area contributed by atoms with E-state index in [9.17, 15) is 19.1 Å². The first-order valence-electron chi connectivity index (χ1n) is 13.6. The maximum absolute atomic E-state index is 14.6. The van der Waals surface area contributed by atoms with Gasteiger partial charge in [0.1, 0.15) is 16.5 Å². The van der Waals surface area contributed by atoms with E-state index in [1.165, 1.54) is 33.1 Å². The third kappa shape index (κ3) is 5.90. The number of aromatic hydroxyl groups is 1. The fraction of sp³-hybridized carbons (Fsp3) is 0.429. The van der Waals surface area contributed by atoms with Gasteiger partial charge in [-0.1, -0.05) is 17.4 Å². The Morgan fingerprint density at radius 1 is 1.00 bits per heavy atom. The maximum Gasteiger partial charge on any atom is 0.301 e. The number of likely N-dealkylation sites (N-methyl/N-ethyl adjacent to an activating group) is 2. The predicted molar refractivity (Wildman–Crippen MR) is 157 cm³/mol. The fourth-order valence-corrected chi connectivity index (χ4v) is 7.10. The number of amides is 1. The first kappa shape index (κ1) is 27.9. The van der Waals surface area contributed by atoms with Crippen LogP contribution in [-0.4, -0.2) is 111 Å². The Morgan fingerprint density at radius 3 is 2.44 bits per heavy atom. The Morgan fingerprint density at radius 2 is 1.71 bits per heavy atom. The fourth-order valence-electron chi connectivity index (χ4n) is 5.15. The van der Waals surface area contributed by atoms with Gasteiger partial charge in [-0.3, -0.25) is 18.9 Å². The SMILES string of the molecule is CN1CCN(Cc2cn3c(=O)c(O)c(-c4ncc(Cc5ccc(F)c(C(=O)N6CCN(C)CC6)c5)s4)nc3s2)CC1. The number of hydrogen-bond donors (Lipinski definition) is 1. The van der Waals surface area contributed by atoms with E-state index in [0.717, 1.165) is 61.1 Å². The van der Waals surface area contributed by atoms with Crippen LogP contribution in [0.25, 0.3) is 15.7 Å². The van der Waals surface area contributed by atoms with Crippen LogP contribution in [-0.2, 0) is 13.0 Å². The molecule has 6 rings (SSSR count). The molecule has 0 spiro atoms. The van der Waals surface area contributed by atoms with Crippen molar-refractivity contribution in [1.29, 1.82) is 0 Å². The van der Waals surface area contributed by atoms with E-state index in [0.29, 0.717) is 29.5 Å². The number of nitrogens with zero attached hydrogens (tertiary/aromatic N) is 7. The molecular weight excluding hydrogens is 565 g/mol. The van der Waals surface area contributed by atoms with E-state index in [2.05, 4.69) is 31.7 Å². The zero-order chi connectivity index (χ0) is 28.7. The number of carbonyl (C=O) groups excluding carboxylic acids is 1. The van der Waals surface area contributed by atoms with Gasteiger partial charge in [-0.2, -0.15) is 0 Å². The van der Waals surface area contributed by atoms with Gasteiger partial charge in [0, 0.05) is 87.5 Å². The highest BCUT2D eigenvalue weighted by atomic mass is 32.1. The van der Waals surface area contributed by atoms with E-state index in [1.54, 1.807) is 29.4 Å². The lowest BCUT2D eigenvalue weighted by Crippen LogP contribution is -2.47. The van der Waals surface area contributed by atoms with E-state index >= 15 is 0 Å². The highest BCUT2D eigenvalue weighted by Gasteiger charge is 2.24. The molecule has 5 heterocycles. The van der Waals surface area contributed by atoms with Crippen LogP contribution in [0.3, 0.4) is 0 Å². The summed E-state index contributed by atoms with van der Waals surface area (Å²) in [5.74, 6) is -1.27. The molecule has 2 aliphatic heterocycles. The number of rotatable bonds is 6. The molecule has 0 bridgehead atoms. The number of benzene rings is 1. The second-order valence-electron chi connectivity index (χ2n) is 10.8. The zero-order valence-corrected chi connectivity index (χ0v) is 24.7. The summed E-state index contributed by atoms with van der Waals surface area (Å²) in [6.45, 7) is 7.33. The molecule has 2 fully saturated rings. The van der Waals surface area contributed by atoms with Gasteiger partial charge in [-0.05, 0) is 31.8 Å². The molecule has 0 unspecified atom stereocenters. The van der Waals surface area contributed by atoms with Crippen molar-refractivity contribution >= 4 is 33.5 Å². The lowest BCUT2D eigenvalue weighted by Gasteiger charge is -2.32. The van der Waals surface area contributed by atoms with E-state index < -0.39 is 17.1 Å². The Balaban J connectivity index is 1.20. The van der Waals surface area contributed by atoms with Crippen LogP contribution in [0, 0.1) is 5.82 Å². The number of piperazine rings is 2. The molecular formula is C28H32FN7O3S2. The third-order valence-corrected chi connectivity index (χ3v) is 9.69. The van der Waals surface area contributed by atoms with Crippen LogP contribution in [0.15, 0.2) is 35.4 Å². The molecule has 1 N–H and O–H groups in total. The molecule has 216 valence electrons. The molecule has 41 heavy (non-hydrogen) atoms. The second kappa shape index (κ2) is 11.6. The number of fused-ring (bicyclic) bond motifs is 1. The van der Waals surface area contributed by atoms with Crippen molar-refractivity contribution in [2.75, 3.05) is 66.5 Å². The Hall–Kier alpha value is -3.23. The highest BCUT2D eigenvalue weighted by molar-refractivity contribution is 7.17. The molecule has 1 amide bonds. The van der Waals surface area contributed by atoms with Gasteiger partial charge >= 0.3 is 5.56 Å². The van der Waals surface area contributed by atoms with Crippen LogP contribution in [0.1, 0.15) is 25.7 Å². The van der Waals surface area contributed by atoms with Crippen LogP contribution < -0.4 is 5.56 Å². The molecule has 3 aromatic heterocycles. The van der Waals surface area contributed by atoms with Crippen molar-refractivity contribution in [3.63, 3.8) is 0 Å². The third-order valence-electron chi connectivity index (χ3n) is 7.72. The highest BCUT2D eigenvalue weighted by Crippen LogP contribution is 2.31. The van der Waals surface area contributed by atoms with Crippen LogP contribution in [0.2, 0.25) is 0 Å². The normalized spacial score (nSPS) is 17.5. The summed E-state index contributed by atoms with van der Waals surface area (Å²) in [7, 11) is 4.12. The van der Waals surface area contributed by atoms with Crippen molar-refractivity contribution in [2.45, 2.75) is 13.0 Å². The molecule has 4 aromatic rings. The summed E-state index contributed by atoms with van der Waals surface area (Å²) in [5.41, 5.74) is 0.482. The average molecular weight is 598 g/mol. The maximum atomic E-state index is 14.6. The molecule has 0 radical (unpaired) electrons. The van der Waals surface area contributed by atoms with Crippen molar-refractivity contribution < 1.29 is 14.3 Å². The number of hydrogen-bond acceptors (Lipinski definition) is 10. The standard InChI is InChI=1S/C28H32FN7O3S2/c1-32-5-9-34(10-6-32)16-20-17-36-27(39)24(37)23(31-28(36)41-20)25-30-15-19(40-25)13-18-3-4-22(29)21(14-18)26(38)35-11-7-33(2)8-12-35/h3-4,14-15,17,37H,5-13,16H2,1-2H3. The zero-order valence-electron chi connectivity index (χ0n) is 23.0. The molecule has 10 nitrogen and oxygen atoms in total. The Kier molecular flexibility index (Phi) is 7.88. The molecule has 2 saturated heterocycles.